The van der Waals surface area contributed by atoms with E-state index in [1.54, 1.807) is 13.8 Å². The van der Waals surface area contributed by atoms with Crippen molar-refractivity contribution in [1.29, 1.82) is 0 Å². The molecule has 0 aromatic heterocycles. The molecule has 0 aliphatic carbocycles. The Labute approximate surface area is 161 Å². The van der Waals surface area contributed by atoms with Gasteiger partial charge in [0.1, 0.15) is 23.9 Å². The molecular weight excluding hydrogens is 350 g/mol. The van der Waals surface area contributed by atoms with E-state index in [1.165, 1.54) is 6.92 Å². The molecule has 0 aromatic rings. The number of Topliss-reactive ketones (excluding diaryl/α,β-unsaturated/α-hetero) is 3. The van der Waals surface area contributed by atoms with Crippen molar-refractivity contribution < 1.29 is 24.3 Å². The molecule has 27 heavy (non-hydrogen) atoms. The summed E-state index contributed by atoms with van der Waals surface area (Å²) in [6, 6.07) is 0. The highest BCUT2D eigenvalue weighted by Crippen LogP contribution is 2.04. The minimum Gasteiger partial charge on any atom is -0.481 e. The first-order chi connectivity index (χ1) is 12.7. The molecule has 1 heterocycles. The molecule has 0 amide bonds. The van der Waals surface area contributed by atoms with E-state index in [9.17, 15) is 19.2 Å². The predicted molar refractivity (Wildman–Crippen MR) is 104 cm³/mol. The monoisotopic (exact) mass is 383 g/mol. The fraction of sp³-hybridized carbons (Fsp3) is 0.737. The molecule has 154 valence electrons. The number of hydrogen-bond acceptors (Lipinski definition) is 7. The summed E-state index contributed by atoms with van der Waals surface area (Å²) < 4.78 is 0. The summed E-state index contributed by atoms with van der Waals surface area (Å²) in [5, 5.41) is 19.1. The Morgan fingerprint density at radius 3 is 1.74 bits per heavy atom. The number of carboxylic acid groups (broad SMARTS) is 1. The molecule has 1 aliphatic rings. The molecule has 1 rings (SSSR count). The molecule has 8 heteroatoms. The molecule has 0 radical (unpaired) electrons. The Kier molecular flexibility index (Phi) is 18.5. The molecule has 0 unspecified atom stereocenters. The van der Waals surface area contributed by atoms with Gasteiger partial charge in [0, 0.05) is 25.7 Å². The van der Waals surface area contributed by atoms with Crippen molar-refractivity contribution in [3.8, 4) is 0 Å². The Hall–Kier alpha value is -2.25. The van der Waals surface area contributed by atoms with Crippen molar-refractivity contribution >= 4 is 29.0 Å². The molecule has 0 atom stereocenters. The quantitative estimate of drug-likeness (QED) is 0.573. The number of carboxylic acids is 1. The maximum Gasteiger partial charge on any atom is 0.303 e. The van der Waals surface area contributed by atoms with Gasteiger partial charge < -0.3 is 19.5 Å². The van der Waals surface area contributed by atoms with Gasteiger partial charge in [0.2, 0.25) is 0 Å². The topological polar surface area (TPSA) is 126 Å². The summed E-state index contributed by atoms with van der Waals surface area (Å²) in [7, 11) is 0. The largest absolute Gasteiger partial charge is 0.481 e. The number of aliphatic carboxylic acids is 1. The fourth-order valence-electron chi connectivity index (χ4n) is 1.82. The lowest BCUT2D eigenvalue weighted by molar-refractivity contribution is -0.137. The van der Waals surface area contributed by atoms with Crippen LogP contribution >= 0.6 is 0 Å². The highest BCUT2D eigenvalue weighted by molar-refractivity contribution is 5.87. The third kappa shape index (κ3) is 26.1. The zero-order valence-corrected chi connectivity index (χ0v) is 17.0. The lowest BCUT2D eigenvalue weighted by atomic mass is 10.1. The van der Waals surface area contributed by atoms with Crippen LogP contribution in [0.15, 0.2) is 15.4 Å². The van der Waals surface area contributed by atoms with Crippen LogP contribution in [-0.2, 0) is 19.2 Å². The van der Waals surface area contributed by atoms with Crippen molar-refractivity contribution in [2.24, 2.45) is 15.4 Å². The maximum atomic E-state index is 10.5. The summed E-state index contributed by atoms with van der Waals surface area (Å²) in [4.78, 5) is 40.8. The van der Waals surface area contributed by atoms with E-state index in [2.05, 4.69) is 22.4 Å². The maximum absolute atomic E-state index is 10.5. The summed E-state index contributed by atoms with van der Waals surface area (Å²) >= 11 is 0. The van der Waals surface area contributed by atoms with Gasteiger partial charge in [-0.15, -0.1) is 5.10 Å². The lowest BCUT2D eigenvalue weighted by Crippen LogP contribution is -2.00. The van der Waals surface area contributed by atoms with E-state index in [4.69, 9.17) is 5.11 Å². The summed E-state index contributed by atoms with van der Waals surface area (Å²) in [5.41, 5.74) is 0.992. The number of ketones is 3. The van der Waals surface area contributed by atoms with Crippen LogP contribution in [0, 0.1) is 0 Å². The number of hydrogen-bond donors (Lipinski definition) is 1. The minimum atomic E-state index is -0.837. The summed E-state index contributed by atoms with van der Waals surface area (Å²) in [6.07, 6.45) is 6.24. The van der Waals surface area contributed by atoms with Crippen molar-refractivity contribution in [2.75, 3.05) is 6.54 Å². The standard InChI is InChI=1S/C7H11N3O.C6H10O3.C6H12O/c1-6(11)3-2-4-7-5-8-10-9-7;1-5(7)3-2-4-6(8)9;1-3-4-5-6(2)7/h2-5H2,1H3;2-4H2,1H3,(H,8,9);3-5H2,1-2H3. The van der Waals surface area contributed by atoms with E-state index in [0.717, 1.165) is 37.8 Å². The molecule has 0 bridgehead atoms. The third-order valence-corrected chi connectivity index (χ3v) is 3.30. The molecular formula is C19H33N3O5. The van der Waals surface area contributed by atoms with Gasteiger partial charge in [-0.25, -0.2) is 0 Å². The molecule has 1 aliphatic heterocycles. The highest BCUT2D eigenvalue weighted by atomic mass is 16.4. The van der Waals surface area contributed by atoms with Crippen LogP contribution in [0.1, 0.15) is 85.5 Å². The van der Waals surface area contributed by atoms with Gasteiger partial charge >= 0.3 is 5.97 Å². The molecule has 0 saturated heterocycles. The zero-order valence-electron chi connectivity index (χ0n) is 17.0. The lowest BCUT2D eigenvalue weighted by Gasteiger charge is -1.94. The van der Waals surface area contributed by atoms with Crippen LogP contribution in [0.5, 0.6) is 0 Å². The Balaban J connectivity index is 0. The van der Waals surface area contributed by atoms with Gasteiger partial charge in [-0.2, -0.15) is 5.11 Å². The van der Waals surface area contributed by atoms with Crippen LogP contribution in [0.4, 0.5) is 0 Å². The number of nitrogens with zero attached hydrogens (tertiary/aromatic N) is 3. The molecule has 8 nitrogen and oxygen atoms in total. The first-order valence-electron chi connectivity index (χ1n) is 9.31. The van der Waals surface area contributed by atoms with Gasteiger partial charge in [-0.05, 0) is 51.7 Å². The Bertz CT molecular complexity index is 513. The van der Waals surface area contributed by atoms with Gasteiger partial charge in [-0.3, -0.25) is 4.79 Å². The number of carbonyl (C=O) groups excluding carboxylic acids is 3. The minimum absolute atomic E-state index is 0.0521. The Morgan fingerprint density at radius 2 is 1.37 bits per heavy atom. The first kappa shape index (κ1) is 27.0. The highest BCUT2D eigenvalue weighted by Gasteiger charge is 2.03. The van der Waals surface area contributed by atoms with Crippen molar-refractivity contribution in [1.82, 2.24) is 0 Å². The zero-order chi connectivity index (χ0) is 21.1. The van der Waals surface area contributed by atoms with E-state index in [0.29, 0.717) is 31.6 Å². The average Bonchev–Trinajstić information content (AvgIpc) is 3.06. The molecule has 0 spiro atoms. The number of unbranched alkanes of at least 4 members (excludes halogenated alkanes) is 1. The van der Waals surface area contributed by atoms with Crippen LogP contribution in [0.25, 0.3) is 0 Å². The molecule has 0 fully saturated rings. The normalized spacial score (nSPS) is 11.5. The molecule has 0 saturated carbocycles. The summed E-state index contributed by atoms with van der Waals surface area (Å²) in [5.74, 6) is -0.244. The summed E-state index contributed by atoms with van der Waals surface area (Å²) in [6.45, 7) is 7.41. The number of carbonyl (C=O) groups is 4. The van der Waals surface area contributed by atoms with Crippen molar-refractivity contribution in [3.05, 3.63) is 0 Å². The van der Waals surface area contributed by atoms with Gasteiger partial charge in [0.15, 0.2) is 0 Å². The Morgan fingerprint density at radius 1 is 0.852 bits per heavy atom. The van der Waals surface area contributed by atoms with E-state index in [1.807, 2.05) is 0 Å². The number of rotatable bonds is 11. The van der Waals surface area contributed by atoms with Gasteiger partial charge in [0.25, 0.3) is 0 Å². The van der Waals surface area contributed by atoms with Crippen LogP contribution in [0.3, 0.4) is 0 Å². The third-order valence-electron chi connectivity index (χ3n) is 3.30. The van der Waals surface area contributed by atoms with Crippen molar-refractivity contribution in [3.63, 3.8) is 0 Å². The van der Waals surface area contributed by atoms with Crippen LogP contribution < -0.4 is 0 Å². The van der Waals surface area contributed by atoms with E-state index < -0.39 is 5.97 Å². The van der Waals surface area contributed by atoms with Gasteiger partial charge in [-0.1, -0.05) is 13.3 Å². The SMILES string of the molecule is CC(=O)CCCC(=O)O.CC(=O)CCCC1=NN=NC1.CCCCC(C)=O. The van der Waals surface area contributed by atoms with Crippen LogP contribution in [-0.4, -0.2) is 40.7 Å². The second-order valence-electron chi connectivity index (χ2n) is 6.37. The van der Waals surface area contributed by atoms with Gasteiger partial charge in [0.05, 0.1) is 5.71 Å². The second kappa shape index (κ2) is 18.5. The molecule has 0 aromatic carbocycles. The smallest absolute Gasteiger partial charge is 0.303 e. The first-order valence-corrected chi connectivity index (χ1v) is 9.31. The van der Waals surface area contributed by atoms with E-state index >= 15 is 0 Å². The molecule has 1 N–H and O–H groups in total. The predicted octanol–water partition coefficient (Wildman–Crippen LogP) is 4.16. The second-order valence-corrected chi connectivity index (χ2v) is 6.37. The van der Waals surface area contributed by atoms with E-state index in [-0.39, 0.29) is 18.0 Å². The van der Waals surface area contributed by atoms with Crippen molar-refractivity contribution in [2.45, 2.75) is 85.5 Å². The fourth-order valence-corrected chi connectivity index (χ4v) is 1.82. The average molecular weight is 383 g/mol. The van der Waals surface area contributed by atoms with Crippen LogP contribution in [0.2, 0.25) is 0 Å².